The van der Waals surface area contributed by atoms with Crippen LogP contribution in [0.1, 0.15) is 32.1 Å². The number of hydrogen-bond acceptors (Lipinski definition) is 3. The van der Waals surface area contributed by atoms with E-state index in [-0.39, 0.29) is 4.90 Å². The highest BCUT2D eigenvalue weighted by molar-refractivity contribution is 8.00. The van der Waals surface area contributed by atoms with Crippen LogP contribution in [0.5, 0.6) is 0 Å². The van der Waals surface area contributed by atoms with Gasteiger partial charge in [0.25, 0.3) is 0 Å². The van der Waals surface area contributed by atoms with Crippen molar-refractivity contribution >= 4 is 21.8 Å². The van der Waals surface area contributed by atoms with Crippen molar-refractivity contribution in [1.29, 1.82) is 0 Å². The van der Waals surface area contributed by atoms with Crippen molar-refractivity contribution in [3.05, 3.63) is 30.1 Å². The fraction of sp³-hybridized carbons (Fsp3) is 0.571. The monoisotopic (exact) mass is 317 g/mol. The van der Waals surface area contributed by atoms with Gasteiger partial charge in [0.2, 0.25) is 10.0 Å². The molecule has 0 heterocycles. The van der Waals surface area contributed by atoms with Gasteiger partial charge in [-0.1, -0.05) is 19.3 Å². The summed E-state index contributed by atoms with van der Waals surface area (Å²) in [6.07, 6.45) is 6.40. The van der Waals surface area contributed by atoms with E-state index >= 15 is 0 Å². The largest absolute Gasteiger partial charge is 0.240 e. The fourth-order valence-electron chi connectivity index (χ4n) is 2.33. The predicted octanol–water partition coefficient (Wildman–Crippen LogP) is 3.17. The lowest BCUT2D eigenvalue weighted by Crippen LogP contribution is -2.26. The maximum Gasteiger partial charge on any atom is 0.240 e. The molecule has 0 aliphatic heterocycles. The SMILES string of the molecule is O=S(=O)(NCCSC1CCCCC1)c1ccc(F)cc1. The van der Waals surface area contributed by atoms with Crippen molar-refractivity contribution in [2.24, 2.45) is 0 Å². The maximum atomic E-state index is 12.8. The molecule has 2 rings (SSSR count). The summed E-state index contributed by atoms with van der Waals surface area (Å²) in [4.78, 5) is 0.113. The molecule has 0 spiro atoms. The summed E-state index contributed by atoms with van der Waals surface area (Å²) in [6, 6.07) is 4.88. The van der Waals surface area contributed by atoms with Crippen molar-refractivity contribution in [3.63, 3.8) is 0 Å². The molecule has 20 heavy (non-hydrogen) atoms. The van der Waals surface area contributed by atoms with Gasteiger partial charge < -0.3 is 0 Å². The fourth-order valence-corrected chi connectivity index (χ4v) is 4.71. The molecule has 6 heteroatoms. The van der Waals surface area contributed by atoms with Gasteiger partial charge in [-0.2, -0.15) is 11.8 Å². The van der Waals surface area contributed by atoms with Crippen LogP contribution in [-0.4, -0.2) is 26.0 Å². The highest BCUT2D eigenvalue weighted by Gasteiger charge is 2.15. The van der Waals surface area contributed by atoms with E-state index in [1.807, 2.05) is 11.8 Å². The Bertz CT molecular complexity index is 510. The molecule has 1 N–H and O–H groups in total. The Morgan fingerprint density at radius 1 is 1.15 bits per heavy atom. The molecule has 1 saturated carbocycles. The average Bonchev–Trinajstić information content (AvgIpc) is 2.45. The van der Waals surface area contributed by atoms with Crippen LogP contribution in [0.2, 0.25) is 0 Å². The lowest BCUT2D eigenvalue weighted by Gasteiger charge is -2.20. The number of rotatable bonds is 6. The maximum absolute atomic E-state index is 12.8. The second-order valence-electron chi connectivity index (χ2n) is 4.98. The van der Waals surface area contributed by atoms with E-state index in [9.17, 15) is 12.8 Å². The van der Waals surface area contributed by atoms with E-state index in [0.29, 0.717) is 11.8 Å². The van der Waals surface area contributed by atoms with Gasteiger partial charge in [0, 0.05) is 17.5 Å². The Labute approximate surface area is 124 Å². The van der Waals surface area contributed by atoms with Crippen molar-refractivity contribution in [2.45, 2.75) is 42.2 Å². The second kappa shape index (κ2) is 7.43. The predicted molar refractivity (Wildman–Crippen MR) is 80.9 cm³/mol. The number of halogens is 1. The lowest BCUT2D eigenvalue weighted by atomic mass is 10.0. The average molecular weight is 317 g/mol. The smallest absolute Gasteiger partial charge is 0.210 e. The standard InChI is InChI=1S/C14H20FNO2S2/c15-12-6-8-14(9-7-12)20(17,18)16-10-11-19-13-4-2-1-3-5-13/h6-9,13,16H,1-5,10-11H2. The van der Waals surface area contributed by atoms with E-state index in [2.05, 4.69) is 4.72 Å². The zero-order valence-electron chi connectivity index (χ0n) is 11.3. The van der Waals surface area contributed by atoms with Gasteiger partial charge in [0.15, 0.2) is 0 Å². The molecule has 3 nitrogen and oxygen atoms in total. The highest BCUT2D eigenvalue weighted by atomic mass is 32.2. The van der Waals surface area contributed by atoms with Crippen molar-refractivity contribution in [2.75, 3.05) is 12.3 Å². The molecule has 0 atom stereocenters. The summed E-state index contributed by atoms with van der Waals surface area (Å²) < 4.78 is 39.2. The summed E-state index contributed by atoms with van der Waals surface area (Å²) in [5, 5.41) is 0.680. The van der Waals surface area contributed by atoms with Crippen LogP contribution in [0.3, 0.4) is 0 Å². The summed E-state index contributed by atoms with van der Waals surface area (Å²) in [5.74, 6) is 0.349. The first-order chi connectivity index (χ1) is 9.58. The molecule has 0 unspecified atom stereocenters. The molecule has 0 radical (unpaired) electrons. The number of hydrogen-bond donors (Lipinski definition) is 1. The molecule has 1 aromatic carbocycles. The molecule has 0 saturated heterocycles. The van der Waals surface area contributed by atoms with Crippen molar-refractivity contribution in [3.8, 4) is 0 Å². The van der Waals surface area contributed by atoms with Gasteiger partial charge in [-0.15, -0.1) is 0 Å². The van der Waals surface area contributed by atoms with Crippen LogP contribution in [-0.2, 0) is 10.0 Å². The minimum absolute atomic E-state index is 0.113. The zero-order valence-corrected chi connectivity index (χ0v) is 13.0. The molecule has 0 bridgehead atoms. The molecule has 112 valence electrons. The molecule has 1 aliphatic rings. The highest BCUT2D eigenvalue weighted by Crippen LogP contribution is 2.27. The third-order valence-corrected chi connectivity index (χ3v) is 6.28. The van der Waals surface area contributed by atoms with E-state index in [4.69, 9.17) is 0 Å². The normalized spacial score (nSPS) is 17.2. The van der Waals surface area contributed by atoms with Crippen molar-refractivity contribution < 1.29 is 12.8 Å². The summed E-state index contributed by atoms with van der Waals surface area (Å²) >= 11 is 1.85. The van der Waals surface area contributed by atoms with E-state index in [1.165, 1.54) is 44.2 Å². The molecular formula is C14H20FNO2S2. The number of nitrogens with one attached hydrogen (secondary N) is 1. The van der Waals surface area contributed by atoms with Crippen molar-refractivity contribution in [1.82, 2.24) is 4.72 Å². The molecule has 1 fully saturated rings. The van der Waals surface area contributed by atoms with E-state index < -0.39 is 15.8 Å². The minimum atomic E-state index is -3.51. The van der Waals surface area contributed by atoms with Crippen LogP contribution < -0.4 is 4.72 Å². The van der Waals surface area contributed by atoms with Crippen LogP contribution in [0.25, 0.3) is 0 Å². The van der Waals surface area contributed by atoms with Crippen LogP contribution in [0, 0.1) is 5.82 Å². The van der Waals surface area contributed by atoms with Gasteiger partial charge in [-0.3, -0.25) is 0 Å². The Kier molecular flexibility index (Phi) is 5.86. The first kappa shape index (κ1) is 15.8. The van der Waals surface area contributed by atoms with Gasteiger partial charge in [-0.05, 0) is 37.1 Å². The number of benzene rings is 1. The van der Waals surface area contributed by atoms with Gasteiger partial charge >= 0.3 is 0 Å². The number of thioether (sulfide) groups is 1. The molecule has 1 aromatic rings. The Hall–Kier alpha value is -0.590. The second-order valence-corrected chi connectivity index (χ2v) is 8.16. The zero-order chi connectivity index (χ0) is 14.4. The third-order valence-electron chi connectivity index (χ3n) is 3.42. The Balaban J connectivity index is 1.76. The van der Waals surface area contributed by atoms with Crippen LogP contribution >= 0.6 is 11.8 Å². The quantitative estimate of drug-likeness (QED) is 0.820. The Morgan fingerprint density at radius 3 is 2.45 bits per heavy atom. The molecular weight excluding hydrogens is 297 g/mol. The molecule has 0 aromatic heterocycles. The molecule has 1 aliphatic carbocycles. The Morgan fingerprint density at radius 2 is 1.80 bits per heavy atom. The third kappa shape index (κ3) is 4.75. The molecule has 0 amide bonds. The first-order valence-corrected chi connectivity index (χ1v) is 9.48. The topological polar surface area (TPSA) is 46.2 Å². The number of sulfonamides is 1. The summed E-state index contributed by atoms with van der Waals surface area (Å²) in [7, 11) is -3.51. The summed E-state index contributed by atoms with van der Waals surface area (Å²) in [5.41, 5.74) is 0. The van der Waals surface area contributed by atoms with Crippen LogP contribution in [0.15, 0.2) is 29.2 Å². The van der Waals surface area contributed by atoms with E-state index in [1.54, 1.807) is 0 Å². The van der Waals surface area contributed by atoms with E-state index in [0.717, 1.165) is 17.9 Å². The van der Waals surface area contributed by atoms with Crippen LogP contribution in [0.4, 0.5) is 4.39 Å². The van der Waals surface area contributed by atoms with Gasteiger partial charge in [0.1, 0.15) is 5.82 Å². The van der Waals surface area contributed by atoms with Gasteiger partial charge in [-0.25, -0.2) is 17.5 Å². The minimum Gasteiger partial charge on any atom is -0.210 e. The lowest BCUT2D eigenvalue weighted by molar-refractivity contribution is 0.516. The van der Waals surface area contributed by atoms with Gasteiger partial charge in [0.05, 0.1) is 4.90 Å². The first-order valence-electron chi connectivity index (χ1n) is 6.95. The summed E-state index contributed by atoms with van der Waals surface area (Å²) in [6.45, 7) is 0.418.